The van der Waals surface area contributed by atoms with Gasteiger partial charge in [-0.25, -0.2) is 9.97 Å². The second kappa shape index (κ2) is 7.01. The van der Waals surface area contributed by atoms with Crippen molar-refractivity contribution in [2.24, 2.45) is 0 Å². The van der Waals surface area contributed by atoms with Crippen molar-refractivity contribution in [2.45, 2.75) is 13.0 Å². The van der Waals surface area contributed by atoms with Gasteiger partial charge < -0.3 is 5.32 Å². The zero-order valence-electron chi connectivity index (χ0n) is 9.03. The van der Waals surface area contributed by atoms with E-state index in [4.69, 9.17) is 11.6 Å². The first kappa shape index (κ1) is 13.6. The van der Waals surface area contributed by atoms with Crippen LogP contribution < -0.4 is 5.32 Å². The summed E-state index contributed by atoms with van der Waals surface area (Å²) in [5.74, 6) is 0. The summed E-state index contributed by atoms with van der Waals surface area (Å²) in [6.45, 7) is 5.22. The molecule has 1 aromatic heterocycles. The van der Waals surface area contributed by atoms with Crippen LogP contribution in [0.3, 0.4) is 0 Å². The Kier molecular flexibility index (Phi) is 5.98. The fourth-order valence-corrected chi connectivity index (χ4v) is 1.91. The van der Waals surface area contributed by atoms with Crippen molar-refractivity contribution in [2.75, 3.05) is 26.2 Å². The second-order valence-corrected chi connectivity index (χ2v) is 4.03. The Morgan fingerprint density at radius 1 is 1.38 bits per heavy atom. The molecule has 0 aliphatic carbocycles. The van der Waals surface area contributed by atoms with E-state index >= 15 is 0 Å². The van der Waals surface area contributed by atoms with E-state index in [1.54, 1.807) is 6.20 Å². The second-order valence-electron chi connectivity index (χ2n) is 3.70. The Morgan fingerprint density at radius 3 is 3.06 bits per heavy atom. The first-order valence-electron chi connectivity index (χ1n) is 5.25. The highest BCUT2D eigenvalue weighted by Gasteiger charge is 2.09. The van der Waals surface area contributed by atoms with Gasteiger partial charge in [-0.15, -0.1) is 12.4 Å². The van der Waals surface area contributed by atoms with Crippen LogP contribution in [0.2, 0.25) is 5.28 Å². The van der Waals surface area contributed by atoms with E-state index in [1.807, 2.05) is 6.07 Å². The average Bonchev–Trinajstić information content (AvgIpc) is 2.46. The summed E-state index contributed by atoms with van der Waals surface area (Å²) in [5.41, 5.74) is 0.997. The Balaban J connectivity index is 0.00000128. The lowest BCUT2D eigenvalue weighted by atomic mass is 10.3. The highest BCUT2D eigenvalue weighted by Crippen LogP contribution is 2.06. The maximum atomic E-state index is 5.74. The molecule has 0 bridgehead atoms. The quantitative estimate of drug-likeness (QED) is 0.818. The number of hydrogen-bond donors (Lipinski definition) is 1. The predicted octanol–water partition coefficient (Wildman–Crippen LogP) is 1.35. The molecule has 0 radical (unpaired) electrons. The lowest BCUT2D eigenvalue weighted by molar-refractivity contribution is 0.281. The number of nitrogens with one attached hydrogen (secondary N) is 1. The van der Waals surface area contributed by atoms with Crippen molar-refractivity contribution in [3.8, 4) is 0 Å². The molecule has 2 rings (SSSR count). The van der Waals surface area contributed by atoms with Gasteiger partial charge in [0.05, 0.1) is 5.69 Å². The molecule has 4 nitrogen and oxygen atoms in total. The molecule has 6 heteroatoms. The number of aromatic nitrogens is 2. The van der Waals surface area contributed by atoms with E-state index in [2.05, 4.69) is 20.2 Å². The molecule has 1 aliphatic heterocycles. The third-order valence-electron chi connectivity index (χ3n) is 2.50. The maximum Gasteiger partial charge on any atom is 0.222 e. The smallest absolute Gasteiger partial charge is 0.222 e. The van der Waals surface area contributed by atoms with Crippen LogP contribution in [0.15, 0.2) is 12.3 Å². The van der Waals surface area contributed by atoms with Crippen LogP contribution in [0, 0.1) is 0 Å². The summed E-state index contributed by atoms with van der Waals surface area (Å²) in [5, 5.41) is 3.71. The van der Waals surface area contributed by atoms with Crippen LogP contribution in [-0.2, 0) is 6.54 Å². The summed E-state index contributed by atoms with van der Waals surface area (Å²) in [4.78, 5) is 10.5. The minimum absolute atomic E-state index is 0. The molecule has 1 aliphatic rings. The predicted molar refractivity (Wildman–Crippen MR) is 67.1 cm³/mol. The largest absolute Gasteiger partial charge is 0.315 e. The van der Waals surface area contributed by atoms with E-state index in [0.29, 0.717) is 5.28 Å². The molecule has 0 saturated carbocycles. The Morgan fingerprint density at radius 2 is 2.25 bits per heavy atom. The SMILES string of the molecule is Cl.Clc1nccc(CN2CCCNCC2)n1. The molecule has 1 fully saturated rings. The van der Waals surface area contributed by atoms with Crippen molar-refractivity contribution < 1.29 is 0 Å². The summed E-state index contributed by atoms with van der Waals surface area (Å²) in [6, 6.07) is 1.92. The third kappa shape index (κ3) is 4.22. The van der Waals surface area contributed by atoms with Crippen molar-refractivity contribution in [1.82, 2.24) is 20.2 Å². The molecule has 1 saturated heterocycles. The van der Waals surface area contributed by atoms with Gasteiger partial charge >= 0.3 is 0 Å². The monoisotopic (exact) mass is 262 g/mol. The molecule has 1 aromatic rings. The topological polar surface area (TPSA) is 41.1 Å². The van der Waals surface area contributed by atoms with Gasteiger partial charge in [-0.05, 0) is 37.2 Å². The molecule has 2 heterocycles. The van der Waals surface area contributed by atoms with Gasteiger partial charge in [-0.2, -0.15) is 0 Å². The van der Waals surface area contributed by atoms with Crippen LogP contribution in [0.4, 0.5) is 0 Å². The first-order chi connectivity index (χ1) is 7.34. The minimum Gasteiger partial charge on any atom is -0.315 e. The molecule has 1 N–H and O–H groups in total. The normalized spacial score (nSPS) is 17.6. The van der Waals surface area contributed by atoms with Crippen LogP contribution in [0.25, 0.3) is 0 Å². The number of halogens is 2. The molecule has 0 spiro atoms. The average molecular weight is 263 g/mol. The number of nitrogens with zero attached hydrogens (tertiary/aromatic N) is 3. The Bertz CT molecular complexity index is 313. The molecule has 90 valence electrons. The van der Waals surface area contributed by atoms with Gasteiger partial charge in [0.15, 0.2) is 0 Å². The Hall–Kier alpha value is -0.420. The van der Waals surface area contributed by atoms with Crippen LogP contribution in [-0.4, -0.2) is 41.0 Å². The molecule has 0 amide bonds. The minimum atomic E-state index is 0. The van der Waals surface area contributed by atoms with Gasteiger partial charge in [0.25, 0.3) is 0 Å². The molecular weight excluding hydrogens is 247 g/mol. The summed E-state index contributed by atoms with van der Waals surface area (Å²) in [7, 11) is 0. The maximum absolute atomic E-state index is 5.74. The van der Waals surface area contributed by atoms with Crippen molar-refractivity contribution >= 4 is 24.0 Å². The van der Waals surface area contributed by atoms with Crippen LogP contribution >= 0.6 is 24.0 Å². The molecule has 0 atom stereocenters. The van der Waals surface area contributed by atoms with Gasteiger partial charge in [-0.3, -0.25) is 4.90 Å². The fourth-order valence-electron chi connectivity index (χ4n) is 1.75. The number of rotatable bonds is 2. The van der Waals surface area contributed by atoms with E-state index in [0.717, 1.165) is 38.4 Å². The zero-order chi connectivity index (χ0) is 10.5. The third-order valence-corrected chi connectivity index (χ3v) is 2.68. The van der Waals surface area contributed by atoms with E-state index in [-0.39, 0.29) is 12.4 Å². The van der Waals surface area contributed by atoms with Crippen LogP contribution in [0.5, 0.6) is 0 Å². The van der Waals surface area contributed by atoms with Crippen molar-refractivity contribution in [1.29, 1.82) is 0 Å². The fraction of sp³-hybridized carbons (Fsp3) is 0.600. The molecule has 0 aromatic carbocycles. The summed E-state index contributed by atoms with van der Waals surface area (Å²) >= 11 is 5.74. The van der Waals surface area contributed by atoms with Gasteiger partial charge in [0, 0.05) is 25.8 Å². The van der Waals surface area contributed by atoms with Gasteiger partial charge in [0.2, 0.25) is 5.28 Å². The zero-order valence-corrected chi connectivity index (χ0v) is 10.6. The first-order valence-corrected chi connectivity index (χ1v) is 5.63. The lowest BCUT2D eigenvalue weighted by Crippen LogP contribution is -2.28. The highest BCUT2D eigenvalue weighted by atomic mass is 35.5. The van der Waals surface area contributed by atoms with E-state index in [1.165, 1.54) is 6.42 Å². The van der Waals surface area contributed by atoms with Gasteiger partial charge in [0.1, 0.15) is 0 Å². The molecule has 0 unspecified atom stereocenters. The lowest BCUT2D eigenvalue weighted by Gasteiger charge is -2.18. The number of hydrogen-bond acceptors (Lipinski definition) is 4. The molecule has 16 heavy (non-hydrogen) atoms. The van der Waals surface area contributed by atoms with Crippen LogP contribution in [0.1, 0.15) is 12.1 Å². The molecular formula is C10H16Cl2N4. The van der Waals surface area contributed by atoms with Gasteiger partial charge in [-0.1, -0.05) is 0 Å². The summed E-state index contributed by atoms with van der Waals surface area (Å²) in [6.07, 6.45) is 2.90. The van der Waals surface area contributed by atoms with Crippen molar-refractivity contribution in [3.63, 3.8) is 0 Å². The van der Waals surface area contributed by atoms with E-state index < -0.39 is 0 Å². The summed E-state index contributed by atoms with van der Waals surface area (Å²) < 4.78 is 0. The Labute approximate surface area is 107 Å². The van der Waals surface area contributed by atoms with Crippen molar-refractivity contribution in [3.05, 3.63) is 23.2 Å². The standard InChI is InChI=1S/C10H15ClN4.ClH/c11-10-13-4-2-9(14-10)8-15-6-1-3-12-5-7-15;/h2,4,12H,1,3,5-8H2;1H. The van der Waals surface area contributed by atoms with E-state index in [9.17, 15) is 0 Å². The highest BCUT2D eigenvalue weighted by molar-refractivity contribution is 6.28.